The molecule has 1 aliphatic rings. The van der Waals surface area contributed by atoms with Crippen LogP contribution in [0.1, 0.15) is 17.3 Å². The topological polar surface area (TPSA) is 45.4 Å². The summed E-state index contributed by atoms with van der Waals surface area (Å²) in [6.07, 6.45) is 1.79. The van der Waals surface area contributed by atoms with E-state index in [4.69, 9.17) is 5.73 Å². The number of anilines is 1. The van der Waals surface area contributed by atoms with Gasteiger partial charge < -0.3 is 10.6 Å². The molecule has 1 saturated heterocycles. The number of pyridine rings is 1. The van der Waals surface area contributed by atoms with Crippen LogP contribution in [0.3, 0.4) is 0 Å². The Morgan fingerprint density at radius 2 is 2.00 bits per heavy atom. The molecule has 0 bridgehead atoms. The molecule has 4 nitrogen and oxygen atoms in total. The second kappa shape index (κ2) is 6.24. The number of piperazine rings is 1. The van der Waals surface area contributed by atoms with Crippen molar-refractivity contribution >= 4 is 5.69 Å². The zero-order valence-electron chi connectivity index (χ0n) is 12.4. The summed E-state index contributed by atoms with van der Waals surface area (Å²) in [4.78, 5) is 9.33. The van der Waals surface area contributed by atoms with Gasteiger partial charge in [0.25, 0.3) is 0 Å². The first-order valence-electron chi connectivity index (χ1n) is 7.40. The smallest absolute Gasteiger partial charge is 0.0564 e. The van der Waals surface area contributed by atoms with Crippen molar-refractivity contribution in [3.8, 4) is 0 Å². The highest BCUT2D eigenvalue weighted by molar-refractivity contribution is 5.37. The molecule has 0 radical (unpaired) electrons. The SMILES string of the molecule is CN1CCN(Cc2cc(N)ccn2)C(c2ccccc2)C1. The summed E-state index contributed by atoms with van der Waals surface area (Å²) in [6.45, 7) is 4.03. The zero-order valence-corrected chi connectivity index (χ0v) is 12.4. The van der Waals surface area contributed by atoms with Crippen LogP contribution in [0.5, 0.6) is 0 Å². The van der Waals surface area contributed by atoms with Crippen LogP contribution in [0.15, 0.2) is 48.7 Å². The Balaban J connectivity index is 1.81. The van der Waals surface area contributed by atoms with E-state index >= 15 is 0 Å². The van der Waals surface area contributed by atoms with Crippen LogP contribution in [-0.4, -0.2) is 41.5 Å². The number of benzene rings is 1. The molecular weight excluding hydrogens is 260 g/mol. The van der Waals surface area contributed by atoms with E-state index in [9.17, 15) is 0 Å². The van der Waals surface area contributed by atoms with Gasteiger partial charge in [-0.15, -0.1) is 0 Å². The highest BCUT2D eigenvalue weighted by atomic mass is 15.3. The van der Waals surface area contributed by atoms with Gasteiger partial charge in [-0.05, 0) is 24.7 Å². The molecule has 0 saturated carbocycles. The lowest BCUT2D eigenvalue weighted by atomic mass is 10.0. The van der Waals surface area contributed by atoms with Crippen LogP contribution in [0.25, 0.3) is 0 Å². The predicted octanol–water partition coefficient (Wildman–Crippen LogP) is 2.15. The number of hydrogen-bond acceptors (Lipinski definition) is 4. The average Bonchev–Trinajstić information content (AvgIpc) is 2.50. The van der Waals surface area contributed by atoms with Gasteiger partial charge in [0.15, 0.2) is 0 Å². The van der Waals surface area contributed by atoms with Gasteiger partial charge in [0.2, 0.25) is 0 Å². The molecule has 1 aromatic carbocycles. The third kappa shape index (κ3) is 3.40. The molecule has 0 aliphatic carbocycles. The highest BCUT2D eigenvalue weighted by Gasteiger charge is 2.26. The summed E-state index contributed by atoms with van der Waals surface area (Å²) in [5, 5.41) is 0. The minimum Gasteiger partial charge on any atom is -0.399 e. The third-order valence-corrected chi connectivity index (χ3v) is 4.08. The van der Waals surface area contributed by atoms with Gasteiger partial charge in [-0.1, -0.05) is 30.3 Å². The van der Waals surface area contributed by atoms with Crippen molar-refractivity contribution < 1.29 is 0 Å². The molecular formula is C17H22N4. The van der Waals surface area contributed by atoms with Crippen LogP contribution >= 0.6 is 0 Å². The molecule has 1 fully saturated rings. The molecule has 1 aliphatic heterocycles. The lowest BCUT2D eigenvalue weighted by Gasteiger charge is -2.40. The second-order valence-electron chi connectivity index (χ2n) is 5.74. The van der Waals surface area contributed by atoms with Gasteiger partial charge >= 0.3 is 0 Å². The average molecular weight is 282 g/mol. The Hall–Kier alpha value is -1.91. The van der Waals surface area contributed by atoms with Crippen LogP contribution in [0, 0.1) is 0 Å². The molecule has 2 N–H and O–H groups in total. The maximum absolute atomic E-state index is 5.86. The molecule has 1 atom stereocenters. The van der Waals surface area contributed by atoms with E-state index in [1.807, 2.05) is 12.1 Å². The maximum Gasteiger partial charge on any atom is 0.0564 e. The fraction of sp³-hybridized carbons (Fsp3) is 0.353. The summed E-state index contributed by atoms with van der Waals surface area (Å²) in [6, 6.07) is 14.9. The summed E-state index contributed by atoms with van der Waals surface area (Å²) in [7, 11) is 2.19. The number of nitrogen functional groups attached to an aromatic ring is 1. The van der Waals surface area contributed by atoms with E-state index in [0.29, 0.717) is 6.04 Å². The Morgan fingerprint density at radius 3 is 2.76 bits per heavy atom. The number of nitrogens with two attached hydrogens (primary N) is 1. The van der Waals surface area contributed by atoms with E-state index < -0.39 is 0 Å². The summed E-state index contributed by atoms with van der Waals surface area (Å²) < 4.78 is 0. The first kappa shape index (κ1) is 14.0. The van der Waals surface area contributed by atoms with Gasteiger partial charge in [-0.2, -0.15) is 0 Å². The Kier molecular flexibility index (Phi) is 4.18. The summed E-state index contributed by atoms with van der Waals surface area (Å²) in [5.41, 5.74) is 9.06. The van der Waals surface area contributed by atoms with Crippen molar-refractivity contribution in [1.82, 2.24) is 14.8 Å². The number of nitrogens with zero attached hydrogens (tertiary/aromatic N) is 3. The Bertz CT molecular complexity index is 584. The quantitative estimate of drug-likeness (QED) is 0.937. The standard InChI is InChI=1S/C17H22N4/c1-20-9-10-21(12-16-11-15(18)7-8-19-16)17(13-20)14-5-3-2-4-6-14/h2-8,11,17H,9-10,12-13H2,1H3,(H2,18,19). The summed E-state index contributed by atoms with van der Waals surface area (Å²) in [5.74, 6) is 0. The molecule has 1 unspecified atom stereocenters. The Morgan fingerprint density at radius 1 is 1.19 bits per heavy atom. The van der Waals surface area contributed by atoms with E-state index in [-0.39, 0.29) is 0 Å². The molecule has 4 heteroatoms. The van der Waals surface area contributed by atoms with Gasteiger partial charge in [0.05, 0.1) is 5.69 Å². The minimum atomic E-state index is 0.410. The molecule has 0 spiro atoms. The maximum atomic E-state index is 5.86. The van der Waals surface area contributed by atoms with E-state index in [0.717, 1.165) is 37.6 Å². The van der Waals surface area contributed by atoms with Crippen molar-refractivity contribution in [2.75, 3.05) is 32.4 Å². The predicted molar refractivity (Wildman–Crippen MR) is 85.7 cm³/mol. The molecule has 0 amide bonds. The van der Waals surface area contributed by atoms with Crippen molar-refractivity contribution in [2.24, 2.45) is 0 Å². The molecule has 3 rings (SSSR count). The number of aromatic nitrogens is 1. The fourth-order valence-corrected chi connectivity index (χ4v) is 2.93. The monoisotopic (exact) mass is 282 g/mol. The van der Waals surface area contributed by atoms with E-state index in [1.54, 1.807) is 6.20 Å². The highest BCUT2D eigenvalue weighted by Crippen LogP contribution is 2.26. The van der Waals surface area contributed by atoms with E-state index in [1.165, 1.54) is 5.56 Å². The number of likely N-dealkylation sites (N-methyl/N-ethyl adjacent to an activating group) is 1. The van der Waals surface area contributed by atoms with Crippen molar-refractivity contribution in [3.05, 3.63) is 59.9 Å². The van der Waals surface area contributed by atoms with Crippen molar-refractivity contribution in [3.63, 3.8) is 0 Å². The Labute approximate surface area is 126 Å². The zero-order chi connectivity index (χ0) is 14.7. The van der Waals surface area contributed by atoms with Gasteiger partial charge in [-0.25, -0.2) is 0 Å². The molecule has 21 heavy (non-hydrogen) atoms. The number of rotatable bonds is 3. The van der Waals surface area contributed by atoms with Crippen molar-refractivity contribution in [2.45, 2.75) is 12.6 Å². The largest absolute Gasteiger partial charge is 0.399 e. The number of hydrogen-bond donors (Lipinski definition) is 1. The van der Waals surface area contributed by atoms with Crippen LogP contribution in [0.4, 0.5) is 5.69 Å². The molecule has 1 aromatic heterocycles. The van der Waals surface area contributed by atoms with Crippen molar-refractivity contribution in [1.29, 1.82) is 0 Å². The third-order valence-electron chi connectivity index (χ3n) is 4.08. The van der Waals surface area contributed by atoms with Crippen LogP contribution in [-0.2, 0) is 6.54 Å². The van der Waals surface area contributed by atoms with Gasteiger partial charge in [0, 0.05) is 44.1 Å². The first-order valence-corrected chi connectivity index (χ1v) is 7.40. The molecule has 2 heterocycles. The van der Waals surface area contributed by atoms with Gasteiger partial charge in [-0.3, -0.25) is 9.88 Å². The second-order valence-corrected chi connectivity index (χ2v) is 5.74. The van der Waals surface area contributed by atoms with Gasteiger partial charge in [0.1, 0.15) is 0 Å². The normalized spacial score (nSPS) is 20.5. The lowest BCUT2D eigenvalue weighted by Crippen LogP contribution is -2.46. The first-order chi connectivity index (χ1) is 10.2. The van der Waals surface area contributed by atoms with Crippen LogP contribution < -0.4 is 5.73 Å². The minimum absolute atomic E-state index is 0.410. The molecule has 110 valence electrons. The van der Waals surface area contributed by atoms with E-state index in [2.05, 4.69) is 52.2 Å². The lowest BCUT2D eigenvalue weighted by molar-refractivity contribution is 0.0823. The molecule has 2 aromatic rings. The fourth-order valence-electron chi connectivity index (χ4n) is 2.93. The van der Waals surface area contributed by atoms with Crippen LogP contribution in [0.2, 0.25) is 0 Å². The summed E-state index contributed by atoms with van der Waals surface area (Å²) >= 11 is 0.